The number of halogens is 3. The van der Waals surface area contributed by atoms with Crippen LogP contribution in [0.5, 0.6) is 0 Å². The number of piperidine rings is 2. The lowest BCUT2D eigenvalue weighted by molar-refractivity contribution is -0.168. The van der Waals surface area contributed by atoms with Crippen molar-refractivity contribution in [2.24, 2.45) is 0 Å². The second-order valence-corrected chi connectivity index (χ2v) is 19.5. The van der Waals surface area contributed by atoms with Gasteiger partial charge < -0.3 is 18.9 Å². The van der Waals surface area contributed by atoms with E-state index in [1.807, 2.05) is 79.3 Å². The Balaban J connectivity index is 0.000000214. The lowest BCUT2D eigenvalue weighted by Crippen LogP contribution is -2.54. The lowest BCUT2D eigenvalue weighted by atomic mass is 9.92. The van der Waals surface area contributed by atoms with Crippen molar-refractivity contribution < 1.29 is 37.3 Å². The Morgan fingerprint density at radius 1 is 0.677 bits per heavy atom. The van der Waals surface area contributed by atoms with Crippen LogP contribution in [0.25, 0.3) is 33.7 Å². The van der Waals surface area contributed by atoms with E-state index >= 15 is 0 Å². The minimum atomic E-state index is -0.913. The summed E-state index contributed by atoms with van der Waals surface area (Å²) >= 11 is 0. The van der Waals surface area contributed by atoms with Crippen molar-refractivity contribution >= 4 is 46.2 Å². The number of carboxylic acids is 1. The molecule has 2 aromatic carbocycles. The number of aliphatic carboxylic acids is 1. The number of esters is 1. The molecule has 6 heterocycles. The molecule has 0 spiro atoms. The van der Waals surface area contributed by atoms with E-state index in [-0.39, 0.29) is 65.6 Å². The highest BCUT2D eigenvalue weighted by Gasteiger charge is 2.41. The third kappa shape index (κ3) is 9.94. The Kier molecular flexibility index (Phi) is 14.3. The number of carboxylic acid groups (broad SMARTS) is 1. The summed E-state index contributed by atoms with van der Waals surface area (Å²) in [7, 11) is 0. The highest BCUT2D eigenvalue weighted by Crippen LogP contribution is 2.35. The molecule has 0 aliphatic carbocycles. The van der Waals surface area contributed by atoms with Crippen LogP contribution in [0.4, 0.5) is 8.78 Å². The summed E-state index contributed by atoms with van der Waals surface area (Å²) in [5.74, 6) is -0.0801. The largest absolute Gasteiger partial charge is 0.480 e. The Morgan fingerprint density at radius 2 is 1.06 bits per heavy atom. The van der Waals surface area contributed by atoms with E-state index in [4.69, 9.17) is 13.8 Å². The SMILES string of the molecule is CC(C)c1nn(-c2noc(C3CCN(C(C)(C)C(=O)O)CC3)n2)c2c(F)cccc12.CC(C)c1nn(-c2noc(C3CCN(C(C)(C)C(=O)OC(C)(C)C)CC3)n2)c2c(F)cccc12.Cl. The van der Waals surface area contributed by atoms with Crippen molar-refractivity contribution in [3.63, 3.8) is 0 Å². The highest BCUT2D eigenvalue weighted by atomic mass is 35.5. The number of hydrogen-bond donors (Lipinski definition) is 1. The second-order valence-electron chi connectivity index (χ2n) is 19.5. The molecule has 0 unspecified atom stereocenters. The Hall–Kier alpha value is -5.33. The van der Waals surface area contributed by atoms with E-state index in [2.05, 4.69) is 35.4 Å². The fourth-order valence-corrected chi connectivity index (χ4v) is 8.44. The third-order valence-corrected chi connectivity index (χ3v) is 12.4. The molecule has 6 aromatic rings. The normalized spacial score (nSPS) is 16.3. The molecule has 352 valence electrons. The number of rotatable bonds is 10. The van der Waals surface area contributed by atoms with Crippen LogP contribution in [0, 0.1) is 11.6 Å². The zero-order valence-electron chi connectivity index (χ0n) is 39.1. The Labute approximate surface area is 383 Å². The molecular weight excluding hydrogens is 862 g/mol. The van der Waals surface area contributed by atoms with Gasteiger partial charge in [-0.1, -0.05) is 52.0 Å². The topological polar surface area (TPSA) is 184 Å². The number of nitrogens with zero attached hydrogens (tertiary/aromatic N) is 10. The predicted molar refractivity (Wildman–Crippen MR) is 242 cm³/mol. The maximum atomic E-state index is 14.7. The average molecular weight is 924 g/mol. The van der Waals surface area contributed by atoms with E-state index < -0.39 is 22.6 Å². The summed E-state index contributed by atoms with van der Waals surface area (Å²) in [5, 5.41) is 28.3. The summed E-state index contributed by atoms with van der Waals surface area (Å²) < 4.78 is 48.9. The van der Waals surface area contributed by atoms with Gasteiger partial charge in [0.15, 0.2) is 0 Å². The first-order chi connectivity index (χ1) is 30.1. The lowest BCUT2D eigenvalue weighted by Gasteiger charge is -2.41. The number of carbonyl (C=O) groups excluding carboxylic acids is 1. The fraction of sp³-hybridized carbons (Fsp3) is 0.565. The van der Waals surface area contributed by atoms with Gasteiger partial charge in [0, 0.05) is 22.6 Å². The van der Waals surface area contributed by atoms with Gasteiger partial charge in [0.2, 0.25) is 11.8 Å². The number of hydrogen-bond acceptors (Lipinski definition) is 13. The molecular formula is C46H61ClF2N10O6. The smallest absolute Gasteiger partial charge is 0.326 e. The summed E-state index contributed by atoms with van der Waals surface area (Å²) in [4.78, 5) is 37.4. The van der Waals surface area contributed by atoms with Crippen molar-refractivity contribution in [2.45, 2.75) is 142 Å². The molecule has 2 saturated heterocycles. The molecule has 8 rings (SSSR count). The van der Waals surface area contributed by atoms with Crippen LogP contribution in [0.2, 0.25) is 0 Å². The van der Waals surface area contributed by atoms with Gasteiger partial charge in [0.25, 0.3) is 11.9 Å². The van der Waals surface area contributed by atoms with Crippen molar-refractivity contribution in [1.29, 1.82) is 0 Å². The minimum Gasteiger partial charge on any atom is -0.480 e. The van der Waals surface area contributed by atoms with E-state index in [1.165, 1.54) is 21.5 Å². The van der Waals surface area contributed by atoms with Gasteiger partial charge in [-0.3, -0.25) is 19.4 Å². The number of fused-ring (bicyclic) bond motifs is 2. The highest BCUT2D eigenvalue weighted by molar-refractivity contribution is 5.86. The van der Waals surface area contributed by atoms with Crippen molar-refractivity contribution in [3.8, 4) is 11.9 Å². The Morgan fingerprint density at radius 3 is 1.42 bits per heavy atom. The standard InChI is InChI=1S/C25H34FN5O3.C21H26FN5O3.ClH/c1-15(2)19-17-9-8-10-18(26)20(17)31(28-19)23-27-21(34-29-23)16-11-13-30(14-12-16)25(6,7)22(32)33-24(3,4)5;1-12(2)16-14-6-5-7-15(22)17(14)27(24-16)20-23-18(30-25-20)13-8-10-26(11-9-13)21(3,4)19(28)29;/h8-10,15-16H,11-14H2,1-7H3;5-7,12-13H,8-11H2,1-4H3,(H,28,29);1H. The van der Waals surface area contributed by atoms with Crippen molar-refractivity contribution in [3.05, 3.63) is 71.2 Å². The zero-order chi connectivity index (χ0) is 46.5. The molecule has 19 heteroatoms. The summed E-state index contributed by atoms with van der Waals surface area (Å²) in [6, 6.07) is 9.87. The van der Waals surface area contributed by atoms with Crippen molar-refractivity contribution in [1.82, 2.24) is 49.6 Å². The van der Waals surface area contributed by atoms with Gasteiger partial charge in [-0.15, -0.1) is 12.4 Å². The average Bonchev–Trinajstić information content (AvgIpc) is 4.06. The number of aromatic nitrogens is 8. The number of likely N-dealkylation sites (tertiary alicyclic amines) is 2. The first kappa shape index (κ1) is 49.1. The predicted octanol–water partition coefficient (Wildman–Crippen LogP) is 9.11. The van der Waals surface area contributed by atoms with Gasteiger partial charge in [-0.25, -0.2) is 8.78 Å². The molecule has 65 heavy (non-hydrogen) atoms. The molecule has 2 fully saturated rings. The second kappa shape index (κ2) is 18.9. The maximum absolute atomic E-state index is 14.7. The fourth-order valence-electron chi connectivity index (χ4n) is 8.44. The van der Waals surface area contributed by atoms with Crippen LogP contribution in [-0.4, -0.2) is 110 Å². The van der Waals surface area contributed by atoms with Crippen LogP contribution in [-0.2, 0) is 14.3 Å². The molecule has 0 amide bonds. The molecule has 0 saturated carbocycles. The first-order valence-corrected chi connectivity index (χ1v) is 22.1. The quantitative estimate of drug-likeness (QED) is 0.128. The summed E-state index contributed by atoms with van der Waals surface area (Å²) in [5.41, 5.74) is 0.0942. The van der Waals surface area contributed by atoms with Crippen LogP contribution < -0.4 is 0 Å². The molecule has 4 aromatic heterocycles. The number of carbonyl (C=O) groups is 2. The molecule has 0 bridgehead atoms. The van der Waals surface area contributed by atoms with Crippen LogP contribution >= 0.6 is 12.4 Å². The van der Waals surface area contributed by atoms with Crippen LogP contribution in [0.1, 0.15) is 149 Å². The maximum Gasteiger partial charge on any atom is 0.326 e. The van der Waals surface area contributed by atoms with Gasteiger partial charge in [0.05, 0.1) is 11.4 Å². The van der Waals surface area contributed by atoms with Gasteiger partial charge in [0.1, 0.15) is 39.3 Å². The van der Waals surface area contributed by atoms with E-state index in [9.17, 15) is 23.5 Å². The minimum absolute atomic E-state index is 0. The molecule has 2 aliphatic heterocycles. The van der Waals surface area contributed by atoms with Gasteiger partial charge in [-0.05, 0) is 135 Å². The van der Waals surface area contributed by atoms with Crippen LogP contribution in [0.3, 0.4) is 0 Å². The summed E-state index contributed by atoms with van der Waals surface area (Å²) in [6.45, 7) is 23.5. The Bertz CT molecular complexity index is 2630. The van der Waals surface area contributed by atoms with Crippen LogP contribution in [0.15, 0.2) is 45.4 Å². The van der Waals surface area contributed by atoms with E-state index in [0.717, 1.165) is 35.0 Å². The molecule has 2 aliphatic rings. The zero-order valence-corrected chi connectivity index (χ0v) is 39.9. The molecule has 1 N–H and O–H groups in total. The molecule has 16 nitrogen and oxygen atoms in total. The van der Waals surface area contributed by atoms with E-state index in [1.54, 1.807) is 26.0 Å². The van der Waals surface area contributed by atoms with Crippen molar-refractivity contribution in [2.75, 3.05) is 26.2 Å². The number of ether oxygens (including phenoxy) is 1. The van der Waals surface area contributed by atoms with Gasteiger partial charge in [-0.2, -0.15) is 29.5 Å². The summed E-state index contributed by atoms with van der Waals surface area (Å²) in [6.07, 6.45) is 2.95. The number of benzene rings is 2. The molecule has 0 atom stereocenters. The van der Waals surface area contributed by atoms with E-state index in [0.29, 0.717) is 61.8 Å². The van der Waals surface area contributed by atoms with Gasteiger partial charge >= 0.3 is 11.9 Å². The monoisotopic (exact) mass is 922 g/mol. The third-order valence-electron chi connectivity index (χ3n) is 12.4. The molecule has 0 radical (unpaired) electrons. The number of para-hydroxylation sites is 2. The first-order valence-electron chi connectivity index (χ1n) is 22.1.